The zero-order valence-electron chi connectivity index (χ0n) is 9.92. The summed E-state index contributed by atoms with van der Waals surface area (Å²) in [7, 11) is 1.31. The molecule has 0 saturated heterocycles. The molecule has 2 aromatic rings. The molecule has 0 radical (unpaired) electrons. The van der Waals surface area contributed by atoms with E-state index in [1.165, 1.54) is 31.5 Å². The van der Waals surface area contributed by atoms with E-state index in [0.29, 0.717) is 11.1 Å². The third kappa shape index (κ3) is 2.47. The molecule has 0 spiro atoms. The number of methoxy groups -OCH3 is 1. The van der Waals surface area contributed by atoms with Crippen molar-refractivity contribution in [2.45, 2.75) is 0 Å². The molecule has 2 N–H and O–H groups in total. The summed E-state index contributed by atoms with van der Waals surface area (Å²) in [6.07, 6.45) is 1.35. The lowest BCUT2D eigenvalue weighted by atomic mass is 10.0. The molecule has 6 heteroatoms. The molecule has 98 valence electrons. The van der Waals surface area contributed by atoms with Crippen molar-refractivity contribution in [3.8, 4) is 22.8 Å². The predicted molar refractivity (Wildman–Crippen MR) is 64.8 cm³/mol. The zero-order valence-corrected chi connectivity index (χ0v) is 9.92. The van der Waals surface area contributed by atoms with Crippen LogP contribution in [0.4, 0.5) is 4.39 Å². The summed E-state index contributed by atoms with van der Waals surface area (Å²) < 4.78 is 17.7. The molecule has 1 aromatic heterocycles. The average Bonchev–Trinajstić information content (AvgIpc) is 2.38. The van der Waals surface area contributed by atoms with Crippen LogP contribution in [0.2, 0.25) is 0 Å². The van der Waals surface area contributed by atoms with Gasteiger partial charge in [0.25, 0.3) is 0 Å². The Hall–Kier alpha value is -2.63. The second-order valence-electron chi connectivity index (χ2n) is 3.75. The number of halogens is 1. The largest absolute Gasteiger partial charge is 0.507 e. The monoisotopic (exact) mass is 263 g/mol. The fourth-order valence-electron chi connectivity index (χ4n) is 1.66. The highest BCUT2D eigenvalue weighted by molar-refractivity contribution is 5.92. The predicted octanol–water partition coefficient (Wildman–Crippen LogP) is 2.30. The van der Waals surface area contributed by atoms with Gasteiger partial charge in [0, 0.05) is 23.4 Å². The van der Waals surface area contributed by atoms with Gasteiger partial charge < -0.3 is 14.9 Å². The second kappa shape index (κ2) is 4.93. The van der Waals surface area contributed by atoms with Gasteiger partial charge >= 0.3 is 5.97 Å². The minimum atomic E-state index is -1.20. The highest BCUT2D eigenvalue weighted by atomic mass is 19.1. The van der Waals surface area contributed by atoms with Crippen molar-refractivity contribution in [3.05, 3.63) is 41.8 Å². The lowest BCUT2D eigenvalue weighted by Gasteiger charge is -2.08. The third-order valence-corrected chi connectivity index (χ3v) is 2.55. The number of pyridine rings is 1. The lowest BCUT2D eigenvalue weighted by molar-refractivity contribution is 0.0692. The van der Waals surface area contributed by atoms with E-state index < -0.39 is 11.8 Å². The number of aromatic carboxylic acids is 1. The molecule has 19 heavy (non-hydrogen) atoms. The van der Waals surface area contributed by atoms with Crippen LogP contribution in [0.5, 0.6) is 11.6 Å². The normalized spacial score (nSPS) is 10.2. The van der Waals surface area contributed by atoms with Gasteiger partial charge in [-0.15, -0.1) is 0 Å². The number of aromatic hydroxyl groups is 1. The number of carbonyl (C=O) groups is 1. The molecule has 0 saturated carbocycles. The molecule has 0 aliphatic rings. The summed E-state index contributed by atoms with van der Waals surface area (Å²) in [4.78, 5) is 14.9. The maximum absolute atomic E-state index is 12.9. The standard InChI is InChI=1S/C13H10FNO4/c1-19-12-10(13(17)18)4-7(6-15-12)9-3-2-8(14)5-11(9)16/h2-6,16H,1H3,(H,17,18). The Balaban J connectivity index is 2.57. The van der Waals surface area contributed by atoms with Gasteiger partial charge in [-0.05, 0) is 18.2 Å². The van der Waals surface area contributed by atoms with Crippen molar-refractivity contribution >= 4 is 5.97 Å². The molecule has 0 amide bonds. The van der Waals surface area contributed by atoms with E-state index in [-0.39, 0.29) is 17.2 Å². The van der Waals surface area contributed by atoms with E-state index in [1.807, 2.05) is 0 Å². The van der Waals surface area contributed by atoms with Gasteiger partial charge in [-0.3, -0.25) is 0 Å². The van der Waals surface area contributed by atoms with Crippen molar-refractivity contribution in [3.63, 3.8) is 0 Å². The highest BCUT2D eigenvalue weighted by Crippen LogP contribution is 2.31. The van der Waals surface area contributed by atoms with Crippen molar-refractivity contribution in [1.82, 2.24) is 4.98 Å². The SMILES string of the molecule is COc1ncc(-c2ccc(F)cc2O)cc1C(=O)O. The van der Waals surface area contributed by atoms with Crippen molar-refractivity contribution in [2.75, 3.05) is 7.11 Å². The number of nitrogens with zero attached hydrogens (tertiary/aromatic N) is 1. The summed E-state index contributed by atoms with van der Waals surface area (Å²) >= 11 is 0. The minimum absolute atomic E-state index is 0.0298. The summed E-state index contributed by atoms with van der Waals surface area (Å²) in [5.41, 5.74) is 0.512. The fourth-order valence-corrected chi connectivity index (χ4v) is 1.66. The van der Waals surface area contributed by atoms with Crippen LogP contribution < -0.4 is 4.74 Å². The first-order valence-electron chi connectivity index (χ1n) is 5.29. The number of carboxylic acid groups (broad SMARTS) is 1. The quantitative estimate of drug-likeness (QED) is 0.888. The van der Waals surface area contributed by atoms with E-state index >= 15 is 0 Å². The first-order chi connectivity index (χ1) is 9.02. The van der Waals surface area contributed by atoms with Crippen LogP contribution in [0.1, 0.15) is 10.4 Å². The smallest absolute Gasteiger partial charge is 0.341 e. The number of carboxylic acids is 1. The number of aromatic nitrogens is 1. The van der Waals surface area contributed by atoms with Gasteiger partial charge in [0.15, 0.2) is 0 Å². The molecule has 0 atom stereocenters. The number of rotatable bonds is 3. The van der Waals surface area contributed by atoms with E-state index in [9.17, 15) is 14.3 Å². The molecular weight excluding hydrogens is 253 g/mol. The van der Waals surface area contributed by atoms with E-state index in [0.717, 1.165) is 6.07 Å². The Bertz CT molecular complexity index is 643. The number of phenolic OH excluding ortho intramolecular Hbond substituents is 1. The minimum Gasteiger partial charge on any atom is -0.507 e. The lowest BCUT2D eigenvalue weighted by Crippen LogP contribution is -2.02. The molecule has 2 rings (SSSR count). The van der Waals surface area contributed by atoms with Gasteiger partial charge in [-0.1, -0.05) is 0 Å². The molecule has 0 unspecified atom stereocenters. The summed E-state index contributed by atoms with van der Waals surface area (Å²) in [5, 5.41) is 18.7. The van der Waals surface area contributed by atoms with Crippen molar-refractivity contribution < 1.29 is 24.1 Å². The average molecular weight is 263 g/mol. The molecule has 1 heterocycles. The topological polar surface area (TPSA) is 79.7 Å². The number of hydrogen-bond acceptors (Lipinski definition) is 4. The highest BCUT2D eigenvalue weighted by Gasteiger charge is 2.15. The Kier molecular flexibility index (Phi) is 3.33. The van der Waals surface area contributed by atoms with Crippen LogP contribution in [0.3, 0.4) is 0 Å². The number of phenols is 1. The summed E-state index contributed by atoms with van der Waals surface area (Å²) in [6, 6.07) is 4.76. The van der Waals surface area contributed by atoms with Crippen LogP contribution in [0.25, 0.3) is 11.1 Å². The van der Waals surface area contributed by atoms with E-state index in [4.69, 9.17) is 9.84 Å². The first kappa shape index (κ1) is 12.8. The second-order valence-corrected chi connectivity index (χ2v) is 3.75. The van der Waals surface area contributed by atoms with Gasteiger partial charge in [0.2, 0.25) is 5.88 Å². The maximum Gasteiger partial charge on any atom is 0.341 e. The van der Waals surface area contributed by atoms with Crippen LogP contribution >= 0.6 is 0 Å². The zero-order chi connectivity index (χ0) is 14.0. The number of benzene rings is 1. The van der Waals surface area contributed by atoms with Crippen LogP contribution in [-0.4, -0.2) is 28.3 Å². The number of hydrogen-bond donors (Lipinski definition) is 2. The molecule has 0 fully saturated rings. The van der Waals surface area contributed by atoms with E-state index in [2.05, 4.69) is 4.98 Å². The fraction of sp³-hybridized carbons (Fsp3) is 0.0769. The third-order valence-electron chi connectivity index (χ3n) is 2.55. The Morgan fingerprint density at radius 1 is 1.37 bits per heavy atom. The molecule has 5 nitrogen and oxygen atoms in total. The Labute approximate surface area is 107 Å². The van der Waals surface area contributed by atoms with Gasteiger partial charge in [-0.25, -0.2) is 14.2 Å². The molecule has 0 aliphatic heterocycles. The number of ether oxygens (including phenoxy) is 1. The summed E-state index contributed by atoms with van der Waals surface area (Å²) in [6.45, 7) is 0. The molecule has 0 aliphatic carbocycles. The Morgan fingerprint density at radius 3 is 2.68 bits per heavy atom. The van der Waals surface area contributed by atoms with Crippen LogP contribution in [0, 0.1) is 5.82 Å². The van der Waals surface area contributed by atoms with Crippen LogP contribution in [-0.2, 0) is 0 Å². The molecule has 0 bridgehead atoms. The van der Waals surface area contributed by atoms with E-state index in [1.54, 1.807) is 0 Å². The van der Waals surface area contributed by atoms with Gasteiger partial charge in [0.05, 0.1) is 7.11 Å². The first-order valence-corrected chi connectivity index (χ1v) is 5.29. The summed E-state index contributed by atoms with van der Waals surface area (Å²) in [5.74, 6) is -2.10. The van der Waals surface area contributed by atoms with Gasteiger partial charge in [0.1, 0.15) is 17.1 Å². The van der Waals surface area contributed by atoms with Crippen molar-refractivity contribution in [1.29, 1.82) is 0 Å². The van der Waals surface area contributed by atoms with Gasteiger partial charge in [-0.2, -0.15) is 0 Å². The maximum atomic E-state index is 12.9. The van der Waals surface area contributed by atoms with Crippen LogP contribution in [0.15, 0.2) is 30.5 Å². The molecular formula is C13H10FNO4. The molecule has 1 aromatic carbocycles. The Morgan fingerprint density at radius 2 is 2.11 bits per heavy atom. The van der Waals surface area contributed by atoms with Crippen molar-refractivity contribution in [2.24, 2.45) is 0 Å².